The lowest BCUT2D eigenvalue weighted by molar-refractivity contribution is 0.112. The van der Waals surface area contributed by atoms with Crippen LogP contribution in [0.25, 0.3) is 10.1 Å². The number of thiophene rings is 1. The maximum absolute atomic E-state index is 10.6. The Kier molecular flexibility index (Phi) is 1.87. The molecule has 0 amide bonds. The van der Waals surface area contributed by atoms with Crippen LogP contribution in [0.2, 0.25) is 5.02 Å². The Bertz CT molecular complexity index is 433. The van der Waals surface area contributed by atoms with Gasteiger partial charge in [0.15, 0.2) is 6.29 Å². The van der Waals surface area contributed by atoms with Crippen molar-refractivity contribution in [3.05, 3.63) is 34.2 Å². The van der Waals surface area contributed by atoms with Crippen LogP contribution in [0.4, 0.5) is 0 Å². The third-order valence-electron chi connectivity index (χ3n) is 1.71. The van der Waals surface area contributed by atoms with E-state index < -0.39 is 0 Å². The van der Waals surface area contributed by atoms with Crippen LogP contribution >= 0.6 is 22.9 Å². The first kappa shape index (κ1) is 7.77. The van der Waals surface area contributed by atoms with Gasteiger partial charge in [-0.05, 0) is 0 Å². The molecule has 0 N–H and O–H groups in total. The summed E-state index contributed by atoms with van der Waals surface area (Å²) in [5.74, 6) is 0. The quantitative estimate of drug-likeness (QED) is 0.640. The highest BCUT2D eigenvalue weighted by Crippen LogP contribution is 2.31. The average molecular weight is 197 g/mol. The zero-order chi connectivity index (χ0) is 8.55. The molecule has 1 aromatic heterocycles. The standard InChI is InChI=1S/C9H5ClOS/c10-8-5-12-9-6(4-11)2-1-3-7(8)9/h1-5H. The molecule has 0 radical (unpaired) electrons. The van der Waals surface area contributed by atoms with Crippen LogP contribution in [0.15, 0.2) is 23.6 Å². The molecule has 60 valence electrons. The summed E-state index contributed by atoms with van der Waals surface area (Å²) in [4.78, 5) is 10.6. The van der Waals surface area contributed by atoms with Gasteiger partial charge in [-0.2, -0.15) is 0 Å². The lowest BCUT2D eigenvalue weighted by Gasteiger charge is -1.92. The van der Waals surface area contributed by atoms with E-state index in [1.165, 1.54) is 11.3 Å². The topological polar surface area (TPSA) is 17.1 Å². The second kappa shape index (κ2) is 2.88. The number of carbonyl (C=O) groups is 1. The Hall–Kier alpha value is -0.860. The minimum absolute atomic E-state index is 0.712. The summed E-state index contributed by atoms with van der Waals surface area (Å²) in [6.45, 7) is 0. The van der Waals surface area contributed by atoms with Crippen LogP contribution in [-0.4, -0.2) is 6.29 Å². The summed E-state index contributed by atoms with van der Waals surface area (Å²) in [5, 5.41) is 3.53. The first-order valence-corrected chi connectivity index (χ1v) is 4.69. The van der Waals surface area contributed by atoms with Gasteiger partial charge in [0.25, 0.3) is 0 Å². The van der Waals surface area contributed by atoms with Gasteiger partial charge < -0.3 is 0 Å². The second-order valence-electron chi connectivity index (χ2n) is 2.43. The zero-order valence-corrected chi connectivity index (χ0v) is 7.65. The summed E-state index contributed by atoms with van der Waals surface area (Å²) in [6, 6.07) is 5.55. The molecule has 0 unspecified atom stereocenters. The number of fused-ring (bicyclic) bond motifs is 1. The van der Waals surface area contributed by atoms with Gasteiger partial charge in [-0.3, -0.25) is 4.79 Å². The minimum atomic E-state index is 0.712. The highest BCUT2D eigenvalue weighted by molar-refractivity contribution is 7.18. The van der Waals surface area contributed by atoms with E-state index >= 15 is 0 Å². The van der Waals surface area contributed by atoms with Gasteiger partial charge in [-0.25, -0.2) is 0 Å². The van der Waals surface area contributed by atoms with Crippen molar-refractivity contribution in [3.8, 4) is 0 Å². The van der Waals surface area contributed by atoms with Gasteiger partial charge in [0.2, 0.25) is 0 Å². The van der Waals surface area contributed by atoms with Crippen LogP contribution < -0.4 is 0 Å². The molecule has 12 heavy (non-hydrogen) atoms. The van der Waals surface area contributed by atoms with E-state index in [1.807, 2.05) is 17.5 Å². The molecule has 0 aliphatic carbocycles. The van der Waals surface area contributed by atoms with E-state index in [-0.39, 0.29) is 0 Å². The first-order valence-electron chi connectivity index (χ1n) is 3.44. The van der Waals surface area contributed by atoms with Crippen molar-refractivity contribution >= 4 is 39.3 Å². The molecule has 0 fully saturated rings. The predicted molar refractivity (Wildman–Crippen MR) is 52.2 cm³/mol. The Morgan fingerprint density at radius 1 is 1.42 bits per heavy atom. The number of hydrogen-bond acceptors (Lipinski definition) is 2. The van der Waals surface area contributed by atoms with Crippen LogP contribution in [0.3, 0.4) is 0 Å². The third kappa shape index (κ3) is 1.04. The molecule has 1 nitrogen and oxygen atoms in total. The molecule has 0 saturated heterocycles. The molecule has 0 spiro atoms. The molecule has 2 rings (SSSR count). The molecule has 0 bridgehead atoms. The molecule has 1 aromatic carbocycles. The van der Waals surface area contributed by atoms with Crippen molar-refractivity contribution in [1.29, 1.82) is 0 Å². The Balaban J connectivity index is 2.89. The highest BCUT2D eigenvalue weighted by atomic mass is 35.5. The van der Waals surface area contributed by atoms with Gasteiger partial charge in [0.05, 0.1) is 5.02 Å². The summed E-state index contributed by atoms with van der Waals surface area (Å²) in [7, 11) is 0. The van der Waals surface area contributed by atoms with Gasteiger partial charge >= 0.3 is 0 Å². The van der Waals surface area contributed by atoms with Crippen LogP contribution in [-0.2, 0) is 0 Å². The fourth-order valence-corrected chi connectivity index (χ4v) is 2.39. The Labute approximate surface area is 78.6 Å². The summed E-state index contributed by atoms with van der Waals surface area (Å²) in [5.41, 5.74) is 0.712. The van der Waals surface area contributed by atoms with Crippen LogP contribution in [0, 0.1) is 0 Å². The lowest BCUT2D eigenvalue weighted by Crippen LogP contribution is -1.77. The number of hydrogen-bond donors (Lipinski definition) is 0. The molecule has 0 aliphatic rings. The molecule has 0 atom stereocenters. The summed E-state index contributed by atoms with van der Waals surface area (Å²) in [6.07, 6.45) is 0.856. The number of aldehydes is 1. The number of benzene rings is 1. The van der Waals surface area contributed by atoms with E-state index in [4.69, 9.17) is 11.6 Å². The number of rotatable bonds is 1. The highest BCUT2D eigenvalue weighted by Gasteiger charge is 2.04. The van der Waals surface area contributed by atoms with E-state index in [2.05, 4.69) is 0 Å². The van der Waals surface area contributed by atoms with Crippen molar-refractivity contribution in [3.63, 3.8) is 0 Å². The second-order valence-corrected chi connectivity index (χ2v) is 3.71. The Morgan fingerprint density at radius 2 is 2.25 bits per heavy atom. The van der Waals surface area contributed by atoms with Crippen LogP contribution in [0.1, 0.15) is 10.4 Å². The number of carbonyl (C=O) groups excluding carboxylic acids is 1. The SMILES string of the molecule is O=Cc1cccc2c(Cl)csc12. The molecular weight excluding hydrogens is 192 g/mol. The van der Waals surface area contributed by atoms with Crippen molar-refractivity contribution in [2.75, 3.05) is 0 Å². The van der Waals surface area contributed by atoms with E-state index in [0.717, 1.165) is 21.4 Å². The largest absolute Gasteiger partial charge is 0.298 e. The van der Waals surface area contributed by atoms with Gasteiger partial charge in [0, 0.05) is 21.0 Å². The van der Waals surface area contributed by atoms with Gasteiger partial charge in [-0.1, -0.05) is 29.8 Å². The molecule has 0 saturated carbocycles. The maximum atomic E-state index is 10.6. The van der Waals surface area contributed by atoms with Crippen LogP contribution in [0.5, 0.6) is 0 Å². The van der Waals surface area contributed by atoms with E-state index in [0.29, 0.717) is 5.56 Å². The normalized spacial score (nSPS) is 10.4. The van der Waals surface area contributed by atoms with Crippen molar-refractivity contribution in [2.24, 2.45) is 0 Å². The maximum Gasteiger partial charge on any atom is 0.151 e. The third-order valence-corrected chi connectivity index (χ3v) is 3.20. The zero-order valence-electron chi connectivity index (χ0n) is 6.08. The molecule has 2 aromatic rings. The van der Waals surface area contributed by atoms with Crippen molar-refractivity contribution < 1.29 is 4.79 Å². The van der Waals surface area contributed by atoms with E-state index in [1.54, 1.807) is 6.07 Å². The Morgan fingerprint density at radius 3 is 3.00 bits per heavy atom. The summed E-state index contributed by atoms with van der Waals surface area (Å²) < 4.78 is 0.970. The van der Waals surface area contributed by atoms with Gasteiger partial charge in [-0.15, -0.1) is 11.3 Å². The fraction of sp³-hybridized carbons (Fsp3) is 0. The van der Waals surface area contributed by atoms with E-state index in [9.17, 15) is 4.79 Å². The average Bonchev–Trinajstić information content (AvgIpc) is 2.48. The monoisotopic (exact) mass is 196 g/mol. The first-order chi connectivity index (χ1) is 5.83. The van der Waals surface area contributed by atoms with Gasteiger partial charge in [0.1, 0.15) is 0 Å². The predicted octanol–water partition coefficient (Wildman–Crippen LogP) is 3.37. The fourth-order valence-electron chi connectivity index (χ4n) is 1.14. The summed E-state index contributed by atoms with van der Waals surface area (Å²) >= 11 is 7.40. The number of halogens is 1. The molecular formula is C9H5ClOS. The minimum Gasteiger partial charge on any atom is -0.298 e. The van der Waals surface area contributed by atoms with Crippen molar-refractivity contribution in [2.45, 2.75) is 0 Å². The van der Waals surface area contributed by atoms with Crippen molar-refractivity contribution in [1.82, 2.24) is 0 Å². The smallest absolute Gasteiger partial charge is 0.151 e. The lowest BCUT2D eigenvalue weighted by atomic mass is 10.2. The molecule has 3 heteroatoms. The molecule has 0 aliphatic heterocycles. The molecule has 1 heterocycles.